The first-order valence-electron chi connectivity index (χ1n) is 16.5. The number of aliphatic carboxylic acids is 1. The minimum Gasteiger partial charge on any atom is -0.481 e. The van der Waals surface area contributed by atoms with E-state index in [1.807, 2.05) is 0 Å². The smallest absolute Gasteiger partial charge is 0.329 e. The molecular formula is C33H63NO5. The number of rotatable bonds is 29. The highest BCUT2D eigenvalue weighted by Gasteiger charge is 2.25. The quantitative estimate of drug-likeness (QED) is 0.0711. The number of nitrogens with one attached hydrogen (secondary N) is 1. The number of unbranched alkanes of at least 4 members (excludes halogenated alkanes) is 19. The van der Waals surface area contributed by atoms with E-state index in [1.54, 1.807) is 0 Å². The first kappa shape index (κ1) is 37.4. The number of ether oxygens (including phenoxy) is 1. The zero-order chi connectivity index (χ0) is 29.0. The number of carbonyl (C=O) groups excluding carboxylic acids is 2. The Kier molecular flexibility index (Phi) is 26.8. The second-order valence-corrected chi connectivity index (χ2v) is 11.9. The van der Waals surface area contributed by atoms with Crippen LogP contribution in [0.4, 0.5) is 0 Å². The van der Waals surface area contributed by atoms with Crippen LogP contribution in [0.25, 0.3) is 0 Å². The Balaban J connectivity index is 3.81. The predicted octanol–water partition coefficient (Wildman–Crippen LogP) is 9.14. The van der Waals surface area contributed by atoms with Gasteiger partial charge in [-0.05, 0) is 18.8 Å². The topological polar surface area (TPSA) is 92.7 Å². The van der Waals surface area contributed by atoms with E-state index in [2.05, 4.69) is 26.1 Å². The molecule has 0 aromatic heterocycles. The fourth-order valence-corrected chi connectivity index (χ4v) is 4.93. The van der Waals surface area contributed by atoms with Crippen molar-refractivity contribution < 1.29 is 24.2 Å². The van der Waals surface area contributed by atoms with Crippen molar-refractivity contribution in [1.29, 1.82) is 0 Å². The van der Waals surface area contributed by atoms with Crippen LogP contribution in [0.2, 0.25) is 0 Å². The van der Waals surface area contributed by atoms with E-state index in [4.69, 9.17) is 9.84 Å². The van der Waals surface area contributed by atoms with Crippen molar-refractivity contribution in [3.63, 3.8) is 0 Å². The van der Waals surface area contributed by atoms with E-state index in [9.17, 15) is 14.4 Å². The molecule has 0 saturated carbocycles. The van der Waals surface area contributed by atoms with Crippen molar-refractivity contribution in [2.45, 2.75) is 181 Å². The number of hydrogen-bond donors (Lipinski definition) is 2. The molecule has 6 nitrogen and oxygen atoms in total. The molecule has 0 fully saturated rings. The Morgan fingerprint density at radius 3 is 1.54 bits per heavy atom. The minimum absolute atomic E-state index is 0.270. The first-order valence-corrected chi connectivity index (χ1v) is 16.5. The van der Waals surface area contributed by atoms with Crippen LogP contribution < -0.4 is 5.32 Å². The summed E-state index contributed by atoms with van der Waals surface area (Å²) >= 11 is 0. The van der Waals surface area contributed by atoms with Crippen molar-refractivity contribution in [1.82, 2.24) is 5.32 Å². The van der Waals surface area contributed by atoms with Crippen molar-refractivity contribution in [3.8, 4) is 0 Å². The maximum atomic E-state index is 12.4. The summed E-state index contributed by atoms with van der Waals surface area (Å²) in [5.41, 5.74) is 0. The van der Waals surface area contributed by atoms with Crippen molar-refractivity contribution in [2.75, 3.05) is 6.61 Å². The number of carbonyl (C=O) groups is 3. The van der Waals surface area contributed by atoms with E-state index in [-0.39, 0.29) is 12.5 Å². The number of carboxylic acids is 1. The van der Waals surface area contributed by atoms with Gasteiger partial charge in [-0.3, -0.25) is 9.59 Å². The maximum absolute atomic E-state index is 12.4. The average Bonchev–Trinajstić information content (AvgIpc) is 2.89. The van der Waals surface area contributed by atoms with Crippen molar-refractivity contribution >= 4 is 17.8 Å². The molecule has 0 rings (SSSR count). The van der Waals surface area contributed by atoms with Gasteiger partial charge in [0.2, 0.25) is 5.91 Å². The number of esters is 1. The molecule has 0 heterocycles. The Morgan fingerprint density at radius 1 is 0.641 bits per heavy atom. The monoisotopic (exact) mass is 553 g/mol. The van der Waals surface area contributed by atoms with Gasteiger partial charge in [0, 0.05) is 6.42 Å². The van der Waals surface area contributed by atoms with Gasteiger partial charge in [-0.25, -0.2) is 4.79 Å². The number of amides is 1. The third-order valence-electron chi connectivity index (χ3n) is 7.43. The molecule has 0 bridgehead atoms. The fraction of sp³-hybridized carbons (Fsp3) is 0.909. The fourth-order valence-electron chi connectivity index (χ4n) is 4.93. The van der Waals surface area contributed by atoms with Crippen molar-refractivity contribution in [3.05, 3.63) is 0 Å². The molecule has 0 aromatic carbocycles. The zero-order valence-electron chi connectivity index (χ0n) is 25.9. The molecule has 230 valence electrons. The normalized spacial score (nSPS) is 12.0. The lowest BCUT2D eigenvalue weighted by molar-refractivity contribution is -0.151. The molecule has 0 unspecified atom stereocenters. The molecule has 0 spiro atoms. The molecule has 0 radical (unpaired) electrons. The molecule has 0 aliphatic rings. The molecule has 0 aromatic rings. The summed E-state index contributed by atoms with van der Waals surface area (Å²) in [5.74, 6) is -1.20. The maximum Gasteiger partial charge on any atom is 0.329 e. The SMILES string of the molecule is CCCCCCCCCCCCC(=O)N[C@@H](CC(=O)O)C(=O)OCCCCCCCCCCCCCC(C)C. The van der Waals surface area contributed by atoms with Crippen LogP contribution in [0.1, 0.15) is 175 Å². The minimum atomic E-state index is -1.12. The molecule has 1 atom stereocenters. The lowest BCUT2D eigenvalue weighted by atomic mass is 10.0. The standard InChI is InChI=1S/C33H63NO5/c1-4-5-6-7-8-9-14-17-20-23-26-31(35)34-30(28-32(36)37)33(38)39-27-24-21-18-15-12-10-11-13-16-19-22-25-29(2)3/h29-30H,4-28H2,1-3H3,(H,34,35)(H,36,37)/t30-/m0/s1. The van der Waals surface area contributed by atoms with Gasteiger partial charge < -0.3 is 15.2 Å². The highest BCUT2D eigenvalue weighted by atomic mass is 16.5. The Hall–Kier alpha value is -1.59. The van der Waals surface area contributed by atoms with Gasteiger partial charge in [-0.2, -0.15) is 0 Å². The van der Waals surface area contributed by atoms with Gasteiger partial charge in [0.1, 0.15) is 6.04 Å². The number of carboxylic acid groups (broad SMARTS) is 1. The molecule has 39 heavy (non-hydrogen) atoms. The summed E-state index contributed by atoms with van der Waals surface area (Å²) in [4.78, 5) is 35.9. The second-order valence-electron chi connectivity index (χ2n) is 11.9. The lowest BCUT2D eigenvalue weighted by Gasteiger charge is -2.16. The molecule has 0 saturated heterocycles. The van der Waals surface area contributed by atoms with Gasteiger partial charge in [0.05, 0.1) is 13.0 Å². The van der Waals surface area contributed by atoms with Gasteiger partial charge in [0.15, 0.2) is 0 Å². The highest BCUT2D eigenvalue weighted by molar-refractivity contribution is 5.87. The molecule has 0 aliphatic heterocycles. The van der Waals surface area contributed by atoms with E-state index in [1.165, 1.54) is 103 Å². The largest absolute Gasteiger partial charge is 0.481 e. The lowest BCUT2D eigenvalue weighted by Crippen LogP contribution is -2.43. The Bertz CT molecular complexity index is 593. The molecule has 1 amide bonds. The first-order chi connectivity index (χ1) is 18.9. The van der Waals surface area contributed by atoms with Crippen LogP contribution in [-0.2, 0) is 19.1 Å². The second kappa shape index (κ2) is 28.0. The summed E-state index contributed by atoms with van der Waals surface area (Å²) in [7, 11) is 0. The molecule has 0 aliphatic carbocycles. The van der Waals surface area contributed by atoms with Crippen LogP contribution in [0.3, 0.4) is 0 Å². The predicted molar refractivity (Wildman–Crippen MR) is 162 cm³/mol. The summed E-state index contributed by atoms with van der Waals surface area (Å²) in [6.07, 6.45) is 26.5. The summed E-state index contributed by atoms with van der Waals surface area (Å²) in [6.45, 7) is 7.09. The number of hydrogen-bond acceptors (Lipinski definition) is 4. The third kappa shape index (κ3) is 27.8. The van der Waals surface area contributed by atoms with Crippen LogP contribution in [0.15, 0.2) is 0 Å². The van der Waals surface area contributed by atoms with Crippen molar-refractivity contribution in [2.24, 2.45) is 5.92 Å². The third-order valence-corrected chi connectivity index (χ3v) is 7.43. The van der Waals surface area contributed by atoms with E-state index in [0.717, 1.165) is 44.4 Å². The zero-order valence-corrected chi connectivity index (χ0v) is 25.9. The van der Waals surface area contributed by atoms with Crippen LogP contribution in [0, 0.1) is 5.92 Å². The van der Waals surface area contributed by atoms with Crippen LogP contribution >= 0.6 is 0 Å². The molecule has 6 heteroatoms. The molecular weight excluding hydrogens is 490 g/mol. The Morgan fingerprint density at radius 2 is 1.08 bits per heavy atom. The average molecular weight is 554 g/mol. The van der Waals surface area contributed by atoms with Gasteiger partial charge in [-0.15, -0.1) is 0 Å². The summed E-state index contributed by atoms with van der Waals surface area (Å²) in [5, 5.41) is 11.7. The summed E-state index contributed by atoms with van der Waals surface area (Å²) in [6, 6.07) is -1.11. The van der Waals surface area contributed by atoms with Crippen LogP contribution in [-0.4, -0.2) is 35.6 Å². The highest BCUT2D eigenvalue weighted by Crippen LogP contribution is 2.14. The van der Waals surface area contributed by atoms with E-state index >= 15 is 0 Å². The summed E-state index contributed by atoms with van der Waals surface area (Å²) < 4.78 is 5.30. The van der Waals surface area contributed by atoms with Gasteiger partial charge in [-0.1, -0.05) is 149 Å². The van der Waals surface area contributed by atoms with Gasteiger partial charge in [0.25, 0.3) is 0 Å². The Labute approximate surface area is 240 Å². The molecule has 2 N–H and O–H groups in total. The van der Waals surface area contributed by atoms with Crippen LogP contribution in [0.5, 0.6) is 0 Å². The van der Waals surface area contributed by atoms with Gasteiger partial charge >= 0.3 is 11.9 Å². The van der Waals surface area contributed by atoms with E-state index in [0.29, 0.717) is 6.42 Å². The van der Waals surface area contributed by atoms with E-state index < -0.39 is 24.4 Å².